The molecular formula is C15H20ClFN2O2. The molecule has 2 atom stereocenters. The van der Waals surface area contributed by atoms with Crippen molar-refractivity contribution in [3.05, 3.63) is 29.0 Å². The van der Waals surface area contributed by atoms with E-state index in [1.165, 1.54) is 24.6 Å². The van der Waals surface area contributed by atoms with Gasteiger partial charge in [0, 0.05) is 12.1 Å². The summed E-state index contributed by atoms with van der Waals surface area (Å²) in [6.45, 7) is 0.467. The average molecular weight is 315 g/mol. The first-order valence-electron chi connectivity index (χ1n) is 7.17. The van der Waals surface area contributed by atoms with Crippen LogP contribution in [0.3, 0.4) is 0 Å². The number of hydrogen-bond acceptors (Lipinski definition) is 3. The first-order chi connectivity index (χ1) is 10.1. The van der Waals surface area contributed by atoms with Crippen LogP contribution in [0, 0.1) is 11.7 Å². The fourth-order valence-electron chi connectivity index (χ4n) is 2.64. The summed E-state index contributed by atoms with van der Waals surface area (Å²) in [7, 11) is 0. The predicted molar refractivity (Wildman–Crippen MR) is 79.8 cm³/mol. The molecule has 0 aliphatic heterocycles. The number of halogens is 2. The Hall–Kier alpha value is -1.33. The summed E-state index contributed by atoms with van der Waals surface area (Å²) in [5.41, 5.74) is 5.73. The molecule has 116 valence electrons. The van der Waals surface area contributed by atoms with Crippen LogP contribution in [-0.4, -0.2) is 25.1 Å². The van der Waals surface area contributed by atoms with Gasteiger partial charge in [0.25, 0.3) is 5.91 Å². The summed E-state index contributed by atoms with van der Waals surface area (Å²) in [6.07, 6.45) is 4.28. The third-order valence-corrected chi connectivity index (χ3v) is 4.11. The Kier molecular flexibility index (Phi) is 5.82. The van der Waals surface area contributed by atoms with Gasteiger partial charge in [-0.25, -0.2) is 4.39 Å². The van der Waals surface area contributed by atoms with Crippen LogP contribution in [0.15, 0.2) is 18.2 Å². The second kappa shape index (κ2) is 7.61. The zero-order chi connectivity index (χ0) is 15.2. The monoisotopic (exact) mass is 314 g/mol. The van der Waals surface area contributed by atoms with Crippen molar-refractivity contribution in [2.45, 2.75) is 31.7 Å². The molecule has 1 amide bonds. The van der Waals surface area contributed by atoms with Crippen molar-refractivity contribution in [3.8, 4) is 5.75 Å². The standard InChI is InChI=1S/C15H20ClFN2O2/c16-12-7-11(5-6-13(12)17)21-9-15(20)19-14-4-2-1-3-10(14)8-18/h5-7,10,14H,1-4,8-9,18H2,(H,19,20). The second-order valence-electron chi connectivity index (χ2n) is 5.32. The third kappa shape index (κ3) is 4.58. The maximum Gasteiger partial charge on any atom is 0.258 e. The number of amides is 1. The molecule has 0 saturated heterocycles. The van der Waals surface area contributed by atoms with Crippen molar-refractivity contribution in [3.63, 3.8) is 0 Å². The molecule has 0 radical (unpaired) electrons. The van der Waals surface area contributed by atoms with E-state index in [9.17, 15) is 9.18 Å². The summed E-state index contributed by atoms with van der Waals surface area (Å²) in [6, 6.07) is 4.13. The highest BCUT2D eigenvalue weighted by Crippen LogP contribution is 2.24. The molecule has 0 bridgehead atoms. The molecule has 0 heterocycles. The van der Waals surface area contributed by atoms with Crippen LogP contribution in [0.5, 0.6) is 5.75 Å². The largest absolute Gasteiger partial charge is 0.484 e. The van der Waals surface area contributed by atoms with Gasteiger partial charge >= 0.3 is 0 Å². The molecule has 1 fully saturated rings. The van der Waals surface area contributed by atoms with Gasteiger partial charge in [0.1, 0.15) is 11.6 Å². The molecule has 1 aliphatic rings. The van der Waals surface area contributed by atoms with Gasteiger partial charge in [0.2, 0.25) is 0 Å². The highest BCUT2D eigenvalue weighted by Gasteiger charge is 2.25. The van der Waals surface area contributed by atoms with Crippen molar-refractivity contribution < 1.29 is 13.9 Å². The molecule has 1 saturated carbocycles. The Morgan fingerprint density at radius 2 is 2.19 bits per heavy atom. The van der Waals surface area contributed by atoms with Crippen molar-refractivity contribution in [1.29, 1.82) is 0 Å². The Labute approximate surface area is 128 Å². The number of carbonyl (C=O) groups excluding carboxylic acids is 1. The van der Waals surface area contributed by atoms with Crippen LogP contribution in [0.25, 0.3) is 0 Å². The van der Waals surface area contributed by atoms with Crippen LogP contribution in [0.1, 0.15) is 25.7 Å². The van der Waals surface area contributed by atoms with Gasteiger partial charge in [0.15, 0.2) is 6.61 Å². The lowest BCUT2D eigenvalue weighted by molar-refractivity contribution is -0.124. The molecule has 0 aromatic heterocycles. The fourth-order valence-corrected chi connectivity index (χ4v) is 2.81. The van der Waals surface area contributed by atoms with Crippen LogP contribution < -0.4 is 15.8 Å². The van der Waals surface area contributed by atoms with E-state index in [0.29, 0.717) is 18.2 Å². The number of carbonyl (C=O) groups is 1. The van der Waals surface area contributed by atoms with E-state index < -0.39 is 5.82 Å². The van der Waals surface area contributed by atoms with Crippen LogP contribution in [0.4, 0.5) is 4.39 Å². The number of nitrogens with one attached hydrogen (secondary N) is 1. The van der Waals surface area contributed by atoms with E-state index >= 15 is 0 Å². The number of ether oxygens (including phenoxy) is 1. The maximum absolute atomic E-state index is 13.0. The summed E-state index contributed by atoms with van der Waals surface area (Å²) in [4.78, 5) is 11.9. The Morgan fingerprint density at radius 3 is 2.90 bits per heavy atom. The zero-order valence-corrected chi connectivity index (χ0v) is 12.5. The van der Waals surface area contributed by atoms with E-state index in [2.05, 4.69) is 5.32 Å². The quantitative estimate of drug-likeness (QED) is 0.877. The van der Waals surface area contributed by atoms with Gasteiger partial charge in [0.05, 0.1) is 5.02 Å². The number of rotatable bonds is 5. The molecule has 1 aliphatic carbocycles. The molecule has 2 rings (SSSR count). The van der Waals surface area contributed by atoms with Crippen LogP contribution >= 0.6 is 11.6 Å². The summed E-state index contributed by atoms with van der Waals surface area (Å²) < 4.78 is 18.3. The van der Waals surface area contributed by atoms with Crippen LogP contribution in [0.2, 0.25) is 5.02 Å². The van der Waals surface area contributed by atoms with E-state index in [1.54, 1.807) is 0 Å². The number of nitrogens with two attached hydrogens (primary N) is 1. The maximum atomic E-state index is 13.0. The minimum absolute atomic E-state index is 0.0246. The lowest BCUT2D eigenvalue weighted by Crippen LogP contribution is -2.46. The van der Waals surface area contributed by atoms with E-state index in [-0.39, 0.29) is 23.6 Å². The SMILES string of the molecule is NCC1CCCCC1NC(=O)COc1ccc(F)c(Cl)c1. The average Bonchev–Trinajstić information content (AvgIpc) is 2.49. The third-order valence-electron chi connectivity index (χ3n) is 3.82. The van der Waals surface area contributed by atoms with Gasteiger partial charge in [-0.15, -0.1) is 0 Å². The zero-order valence-electron chi connectivity index (χ0n) is 11.8. The fraction of sp³-hybridized carbons (Fsp3) is 0.533. The molecule has 4 nitrogen and oxygen atoms in total. The van der Waals surface area contributed by atoms with Gasteiger partial charge in [-0.05, 0) is 37.4 Å². The minimum atomic E-state index is -0.513. The lowest BCUT2D eigenvalue weighted by Gasteiger charge is -2.31. The van der Waals surface area contributed by atoms with Crippen molar-refractivity contribution >= 4 is 17.5 Å². The minimum Gasteiger partial charge on any atom is -0.484 e. The number of benzene rings is 1. The van der Waals surface area contributed by atoms with Gasteiger partial charge < -0.3 is 15.8 Å². The second-order valence-corrected chi connectivity index (χ2v) is 5.73. The molecule has 1 aromatic carbocycles. The van der Waals surface area contributed by atoms with Crippen LogP contribution in [-0.2, 0) is 4.79 Å². The summed E-state index contributed by atoms with van der Waals surface area (Å²) >= 11 is 5.65. The van der Waals surface area contributed by atoms with Gasteiger partial charge in [-0.2, -0.15) is 0 Å². The molecule has 3 N–H and O–H groups in total. The molecule has 21 heavy (non-hydrogen) atoms. The first-order valence-corrected chi connectivity index (χ1v) is 7.55. The van der Waals surface area contributed by atoms with E-state index in [4.69, 9.17) is 22.1 Å². The topological polar surface area (TPSA) is 64.3 Å². The smallest absolute Gasteiger partial charge is 0.258 e. The highest BCUT2D eigenvalue weighted by atomic mass is 35.5. The molecule has 2 unspecified atom stereocenters. The van der Waals surface area contributed by atoms with E-state index in [0.717, 1.165) is 19.3 Å². The summed E-state index contributed by atoms with van der Waals surface area (Å²) in [5, 5.41) is 2.94. The lowest BCUT2D eigenvalue weighted by atomic mass is 9.84. The van der Waals surface area contributed by atoms with Crippen molar-refractivity contribution in [2.75, 3.05) is 13.2 Å². The Balaban J connectivity index is 1.82. The Bertz CT molecular complexity index is 499. The molecule has 6 heteroatoms. The highest BCUT2D eigenvalue weighted by molar-refractivity contribution is 6.30. The van der Waals surface area contributed by atoms with Crippen molar-refractivity contribution in [2.24, 2.45) is 11.7 Å². The summed E-state index contributed by atoms with van der Waals surface area (Å²) in [5.74, 6) is 0.000735. The molecule has 0 spiro atoms. The molecular weight excluding hydrogens is 295 g/mol. The molecule has 1 aromatic rings. The predicted octanol–water partition coefficient (Wildman–Crippen LogP) is 2.49. The van der Waals surface area contributed by atoms with Gasteiger partial charge in [-0.3, -0.25) is 4.79 Å². The normalized spacial score (nSPS) is 21.9. The Morgan fingerprint density at radius 1 is 1.43 bits per heavy atom. The first kappa shape index (κ1) is 16.0. The van der Waals surface area contributed by atoms with Crippen molar-refractivity contribution in [1.82, 2.24) is 5.32 Å². The van der Waals surface area contributed by atoms with Gasteiger partial charge in [-0.1, -0.05) is 24.4 Å². The van der Waals surface area contributed by atoms with E-state index in [1.807, 2.05) is 0 Å². The number of hydrogen-bond donors (Lipinski definition) is 2.